The molecule has 20 heavy (non-hydrogen) atoms. The number of ketones is 1. The third-order valence-electron chi connectivity index (χ3n) is 4.85. The van der Waals surface area contributed by atoms with Gasteiger partial charge < -0.3 is 4.90 Å². The maximum Gasteiger partial charge on any atom is 0.170 e. The van der Waals surface area contributed by atoms with Crippen LogP contribution in [0.2, 0.25) is 0 Å². The monoisotopic (exact) mass is 273 g/mol. The summed E-state index contributed by atoms with van der Waals surface area (Å²) in [5.74, 6) is 0.256. The van der Waals surface area contributed by atoms with Gasteiger partial charge in [0.2, 0.25) is 0 Å². The van der Waals surface area contributed by atoms with Crippen molar-refractivity contribution in [1.29, 1.82) is 0 Å². The normalized spacial score (nSPS) is 30.0. The number of Topliss-reactive ketones (excluding diaryl/α,β-unsaturated/α-hetero) is 1. The highest BCUT2D eigenvalue weighted by molar-refractivity contribution is 6.05. The van der Waals surface area contributed by atoms with E-state index in [1.807, 2.05) is 31.4 Å². The molecule has 0 aliphatic heterocycles. The fourth-order valence-corrected chi connectivity index (χ4v) is 2.99. The predicted octanol–water partition coefficient (Wildman–Crippen LogP) is 2.46. The highest BCUT2D eigenvalue weighted by Gasteiger charge is 2.45. The number of carbonyl (C=O) groups excluding carboxylic acids is 1. The fraction of sp³-hybridized carbons (Fsp3) is 0.625. The number of hydrogen-bond acceptors (Lipinski definition) is 3. The van der Waals surface area contributed by atoms with Crippen LogP contribution in [0, 0.1) is 0 Å². The van der Waals surface area contributed by atoms with E-state index in [0.29, 0.717) is 0 Å². The molecule has 0 N–H and O–H groups in total. The van der Waals surface area contributed by atoms with Crippen LogP contribution in [0.4, 0.5) is 0 Å². The molecule has 0 saturated heterocycles. The zero-order valence-corrected chi connectivity index (χ0v) is 12.8. The number of allylic oxidation sites excluding steroid dienone is 1. The lowest BCUT2D eigenvalue weighted by Crippen LogP contribution is -2.27. The van der Waals surface area contributed by atoms with Gasteiger partial charge >= 0.3 is 0 Å². The van der Waals surface area contributed by atoms with Gasteiger partial charge in [-0.2, -0.15) is 5.10 Å². The second kappa shape index (κ2) is 4.21. The lowest BCUT2D eigenvalue weighted by molar-refractivity contribution is -0.118. The second-order valence-electron chi connectivity index (χ2n) is 6.95. The molecule has 2 aliphatic rings. The van der Waals surface area contributed by atoms with Crippen LogP contribution in [0.3, 0.4) is 0 Å². The Labute approximate surface area is 120 Å². The molecule has 4 heteroatoms. The fourth-order valence-electron chi connectivity index (χ4n) is 2.99. The van der Waals surface area contributed by atoms with Crippen LogP contribution in [0.1, 0.15) is 45.1 Å². The Kier molecular flexibility index (Phi) is 2.82. The van der Waals surface area contributed by atoms with Gasteiger partial charge in [0.15, 0.2) is 5.78 Å². The van der Waals surface area contributed by atoms with Crippen LogP contribution in [0.25, 0.3) is 0 Å². The summed E-state index contributed by atoms with van der Waals surface area (Å²) < 4.78 is 2.05. The minimum atomic E-state index is -0.397. The molecule has 3 rings (SSSR count). The van der Waals surface area contributed by atoms with Gasteiger partial charge in [-0.3, -0.25) is 9.48 Å². The first kappa shape index (κ1) is 13.4. The van der Waals surface area contributed by atoms with Crippen LogP contribution in [-0.4, -0.2) is 34.6 Å². The molecule has 1 unspecified atom stereocenters. The molecule has 0 bridgehead atoms. The molecule has 4 nitrogen and oxygen atoms in total. The first-order valence-corrected chi connectivity index (χ1v) is 7.33. The Morgan fingerprint density at radius 1 is 1.30 bits per heavy atom. The van der Waals surface area contributed by atoms with Crippen molar-refractivity contribution in [2.75, 3.05) is 14.1 Å². The van der Waals surface area contributed by atoms with E-state index in [4.69, 9.17) is 0 Å². The lowest BCUT2D eigenvalue weighted by atomic mass is 9.81. The molecule has 0 radical (unpaired) electrons. The van der Waals surface area contributed by atoms with Crippen LogP contribution in [0.15, 0.2) is 24.2 Å². The predicted molar refractivity (Wildman–Crippen MR) is 78.5 cm³/mol. The van der Waals surface area contributed by atoms with Gasteiger partial charge in [0.25, 0.3) is 0 Å². The first-order chi connectivity index (χ1) is 9.35. The third kappa shape index (κ3) is 1.98. The summed E-state index contributed by atoms with van der Waals surface area (Å²) in [6, 6.07) is 0. The molecular formula is C16H23N3O. The molecule has 2 saturated carbocycles. The number of hydrogen-bond donors (Lipinski definition) is 0. The van der Waals surface area contributed by atoms with Crippen molar-refractivity contribution in [3.63, 3.8) is 0 Å². The van der Waals surface area contributed by atoms with E-state index < -0.39 is 5.41 Å². The SMILES string of the molecule is CN(C)C=C1CCC(C)(c2cnn(C3(C)CC3)c2)C1=O. The van der Waals surface area contributed by atoms with Gasteiger partial charge in [-0.05, 0) is 39.5 Å². The van der Waals surface area contributed by atoms with E-state index >= 15 is 0 Å². The molecule has 1 atom stereocenters. The molecule has 2 fully saturated rings. The minimum absolute atomic E-state index is 0.193. The Morgan fingerprint density at radius 2 is 2.00 bits per heavy atom. The third-order valence-corrected chi connectivity index (χ3v) is 4.85. The van der Waals surface area contributed by atoms with E-state index in [-0.39, 0.29) is 11.3 Å². The zero-order chi connectivity index (χ0) is 14.5. The molecule has 108 valence electrons. The molecular weight excluding hydrogens is 250 g/mol. The summed E-state index contributed by atoms with van der Waals surface area (Å²) in [5, 5.41) is 4.49. The molecule has 0 aromatic carbocycles. The molecule has 0 amide bonds. The Bertz CT molecular complexity index is 580. The van der Waals surface area contributed by atoms with Gasteiger partial charge in [-0.1, -0.05) is 0 Å². The summed E-state index contributed by atoms with van der Waals surface area (Å²) in [5.41, 5.74) is 1.80. The van der Waals surface area contributed by atoms with Crippen molar-refractivity contribution in [3.05, 3.63) is 29.7 Å². The van der Waals surface area contributed by atoms with Crippen molar-refractivity contribution in [2.24, 2.45) is 0 Å². The maximum atomic E-state index is 12.7. The number of carbonyl (C=O) groups is 1. The maximum absolute atomic E-state index is 12.7. The van der Waals surface area contributed by atoms with Crippen molar-refractivity contribution in [1.82, 2.24) is 14.7 Å². The van der Waals surface area contributed by atoms with E-state index in [1.54, 1.807) is 0 Å². The van der Waals surface area contributed by atoms with Crippen molar-refractivity contribution >= 4 is 5.78 Å². The molecule has 0 spiro atoms. The standard InChI is InChI=1S/C16H23N3O/c1-15(7-8-15)19-11-13(9-17-19)16(2)6-5-12(14(16)20)10-18(3)4/h9-11H,5-8H2,1-4H3. The minimum Gasteiger partial charge on any atom is -0.383 e. The lowest BCUT2D eigenvalue weighted by Gasteiger charge is -2.20. The molecule has 2 aliphatic carbocycles. The number of nitrogens with zero attached hydrogens (tertiary/aromatic N) is 3. The summed E-state index contributed by atoms with van der Waals surface area (Å²) in [7, 11) is 3.92. The van der Waals surface area contributed by atoms with Gasteiger partial charge in [0, 0.05) is 37.6 Å². The first-order valence-electron chi connectivity index (χ1n) is 7.33. The topological polar surface area (TPSA) is 38.1 Å². The van der Waals surface area contributed by atoms with Crippen molar-refractivity contribution in [2.45, 2.75) is 50.5 Å². The number of rotatable bonds is 3. The average molecular weight is 273 g/mol. The van der Waals surface area contributed by atoms with E-state index in [2.05, 4.69) is 29.8 Å². The summed E-state index contributed by atoms with van der Waals surface area (Å²) in [6.45, 7) is 4.28. The van der Waals surface area contributed by atoms with E-state index in [9.17, 15) is 4.79 Å². The van der Waals surface area contributed by atoms with Crippen molar-refractivity contribution in [3.8, 4) is 0 Å². The van der Waals surface area contributed by atoms with Gasteiger partial charge in [0.05, 0.1) is 17.2 Å². The smallest absolute Gasteiger partial charge is 0.170 e. The quantitative estimate of drug-likeness (QED) is 0.794. The highest BCUT2D eigenvalue weighted by Crippen LogP contribution is 2.45. The molecule has 1 aromatic heterocycles. The summed E-state index contributed by atoms with van der Waals surface area (Å²) in [4.78, 5) is 14.7. The Balaban J connectivity index is 1.90. The summed E-state index contributed by atoms with van der Waals surface area (Å²) >= 11 is 0. The largest absolute Gasteiger partial charge is 0.383 e. The van der Waals surface area contributed by atoms with Gasteiger partial charge in [-0.25, -0.2) is 0 Å². The number of aromatic nitrogens is 2. The highest BCUT2D eigenvalue weighted by atomic mass is 16.1. The molecule has 1 heterocycles. The van der Waals surface area contributed by atoms with Gasteiger partial charge in [-0.15, -0.1) is 0 Å². The average Bonchev–Trinajstić information content (AvgIpc) is 2.86. The van der Waals surface area contributed by atoms with Crippen LogP contribution >= 0.6 is 0 Å². The van der Waals surface area contributed by atoms with E-state index in [0.717, 1.165) is 24.0 Å². The second-order valence-corrected chi connectivity index (χ2v) is 6.95. The van der Waals surface area contributed by atoms with Crippen LogP contribution in [0.5, 0.6) is 0 Å². The van der Waals surface area contributed by atoms with Crippen molar-refractivity contribution < 1.29 is 4.79 Å². The molecule has 1 aromatic rings. The van der Waals surface area contributed by atoms with Crippen LogP contribution < -0.4 is 0 Å². The Morgan fingerprint density at radius 3 is 2.60 bits per heavy atom. The van der Waals surface area contributed by atoms with Crippen LogP contribution in [-0.2, 0) is 15.7 Å². The van der Waals surface area contributed by atoms with E-state index in [1.165, 1.54) is 12.8 Å². The zero-order valence-electron chi connectivity index (χ0n) is 12.8. The summed E-state index contributed by atoms with van der Waals surface area (Å²) in [6.07, 6.45) is 10.0. The Hall–Kier alpha value is -1.58. The van der Waals surface area contributed by atoms with Gasteiger partial charge in [0.1, 0.15) is 0 Å².